The molecule has 0 bridgehead atoms. The number of nitrogens with one attached hydrogen (secondary N) is 1. The van der Waals surface area contributed by atoms with Crippen molar-refractivity contribution in [2.24, 2.45) is 0 Å². The van der Waals surface area contributed by atoms with Gasteiger partial charge in [0.1, 0.15) is 0 Å². The lowest BCUT2D eigenvalue weighted by Crippen LogP contribution is -2.21. The van der Waals surface area contributed by atoms with Gasteiger partial charge in [-0.2, -0.15) is 0 Å². The third-order valence-corrected chi connectivity index (χ3v) is 3.57. The normalized spacial score (nSPS) is 13.4. The molecule has 0 aliphatic rings. The van der Waals surface area contributed by atoms with Crippen LogP contribution in [0.25, 0.3) is 0 Å². The number of ether oxygens (including phenoxy) is 1. The zero-order chi connectivity index (χ0) is 13.1. The molecule has 17 heavy (non-hydrogen) atoms. The minimum atomic E-state index is -3.16. The molecule has 1 rings (SSSR count). The van der Waals surface area contributed by atoms with E-state index in [-0.39, 0.29) is 6.04 Å². The lowest BCUT2D eigenvalue weighted by molar-refractivity contribution is 0.190. The third kappa shape index (κ3) is 4.02. The molecule has 0 aromatic heterocycles. The van der Waals surface area contributed by atoms with E-state index in [1.807, 2.05) is 13.8 Å². The van der Waals surface area contributed by atoms with Crippen LogP contribution in [0.4, 0.5) is 5.69 Å². The van der Waals surface area contributed by atoms with Crippen LogP contribution in [0.3, 0.4) is 0 Å². The highest BCUT2D eigenvalue weighted by Crippen LogP contribution is 2.20. The number of methoxy groups -OCH3 is 1. The van der Waals surface area contributed by atoms with Crippen molar-refractivity contribution >= 4 is 15.5 Å². The maximum absolute atomic E-state index is 11.5. The van der Waals surface area contributed by atoms with Crippen molar-refractivity contribution in [2.45, 2.75) is 24.8 Å². The Labute approximate surface area is 103 Å². The second-order valence-electron chi connectivity index (χ2n) is 4.25. The zero-order valence-electron chi connectivity index (χ0n) is 10.6. The van der Waals surface area contributed by atoms with Crippen LogP contribution in [0, 0.1) is 6.92 Å². The van der Waals surface area contributed by atoms with Gasteiger partial charge in [-0.3, -0.25) is 0 Å². The molecule has 0 spiro atoms. The van der Waals surface area contributed by atoms with Crippen LogP contribution in [0.1, 0.15) is 12.5 Å². The first-order chi connectivity index (χ1) is 7.84. The first-order valence-electron chi connectivity index (χ1n) is 5.40. The number of anilines is 1. The van der Waals surface area contributed by atoms with E-state index in [1.165, 1.54) is 6.26 Å². The maximum Gasteiger partial charge on any atom is 0.175 e. The van der Waals surface area contributed by atoms with Crippen molar-refractivity contribution in [1.82, 2.24) is 0 Å². The summed E-state index contributed by atoms with van der Waals surface area (Å²) in [4.78, 5) is 0.329. The molecule has 1 aromatic rings. The van der Waals surface area contributed by atoms with Crippen LogP contribution < -0.4 is 5.32 Å². The van der Waals surface area contributed by atoms with Crippen LogP contribution in [0.5, 0.6) is 0 Å². The predicted octanol–water partition coefficient (Wildman–Crippen LogP) is 1.85. The Balaban J connectivity index is 2.99. The third-order valence-electron chi connectivity index (χ3n) is 2.46. The number of benzene rings is 1. The Morgan fingerprint density at radius 1 is 1.41 bits per heavy atom. The van der Waals surface area contributed by atoms with Crippen LogP contribution in [-0.4, -0.2) is 34.4 Å². The average Bonchev–Trinajstić information content (AvgIpc) is 2.20. The van der Waals surface area contributed by atoms with Gasteiger partial charge in [0.05, 0.1) is 11.5 Å². The fourth-order valence-electron chi connectivity index (χ4n) is 1.54. The molecule has 1 atom stereocenters. The highest BCUT2D eigenvalue weighted by molar-refractivity contribution is 7.90. The van der Waals surface area contributed by atoms with Crippen LogP contribution in [-0.2, 0) is 14.6 Å². The van der Waals surface area contributed by atoms with Crippen molar-refractivity contribution in [3.8, 4) is 0 Å². The van der Waals surface area contributed by atoms with E-state index in [4.69, 9.17) is 4.74 Å². The van der Waals surface area contributed by atoms with Crippen molar-refractivity contribution in [2.75, 3.05) is 25.3 Å². The molecule has 1 N–H and O–H groups in total. The monoisotopic (exact) mass is 257 g/mol. The van der Waals surface area contributed by atoms with Gasteiger partial charge in [0.2, 0.25) is 0 Å². The lowest BCUT2D eigenvalue weighted by Gasteiger charge is -2.16. The van der Waals surface area contributed by atoms with Gasteiger partial charge in [-0.1, -0.05) is 6.07 Å². The van der Waals surface area contributed by atoms with Gasteiger partial charge < -0.3 is 10.1 Å². The highest BCUT2D eigenvalue weighted by Gasteiger charge is 2.10. The zero-order valence-corrected chi connectivity index (χ0v) is 11.5. The summed E-state index contributed by atoms with van der Waals surface area (Å²) in [5, 5.41) is 3.23. The van der Waals surface area contributed by atoms with Gasteiger partial charge in [0, 0.05) is 25.1 Å². The number of sulfone groups is 1. The summed E-state index contributed by atoms with van der Waals surface area (Å²) in [6, 6.07) is 5.22. The van der Waals surface area contributed by atoms with Crippen molar-refractivity contribution in [1.29, 1.82) is 0 Å². The van der Waals surface area contributed by atoms with Crippen molar-refractivity contribution in [3.63, 3.8) is 0 Å². The van der Waals surface area contributed by atoms with E-state index < -0.39 is 9.84 Å². The summed E-state index contributed by atoms with van der Waals surface area (Å²) in [6.07, 6.45) is 1.21. The molecule has 5 heteroatoms. The molecule has 0 amide bonds. The summed E-state index contributed by atoms with van der Waals surface area (Å²) in [5.41, 5.74) is 1.85. The van der Waals surface area contributed by atoms with Crippen molar-refractivity contribution in [3.05, 3.63) is 23.8 Å². The molecule has 1 aromatic carbocycles. The fourth-order valence-corrected chi connectivity index (χ4v) is 2.19. The molecule has 0 radical (unpaired) electrons. The van der Waals surface area contributed by atoms with Gasteiger partial charge in [-0.25, -0.2) is 8.42 Å². The summed E-state index contributed by atoms with van der Waals surface area (Å²) < 4.78 is 27.9. The molecule has 0 fully saturated rings. The minimum Gasteiger partial charge on any atom is -0.383 e. The van der Waals surface area contributed by atoms with Gasteiger partial charge in [0.25, 0.3) is 0 Å². The van der Waals surface area contributed by atoms with E-state index in [0.717, 1.165) is 11.3 Å². The molecule has 1 unspecified atom stereocenters. The fraction of sp³-hybridized carbons (Fsp3) is 0.500. The minimum absolute atomic E-state index is 0.133. The van der Waals surface area contributed by atoms with Crippen LogP contribution >= 0.6 is 0 Å². The quantitative estimate of drug-likeness (QED) is 0.874. The standard InChI is InChI=1S/C12H19NO3S/c1-9-5-6-11(17(4,14)15)7-12(9)13-10(2)8-16-3/h5-7,10,13H,8H2,1-4H3. The van der Waals surface area contributed by atoms with E-state index in [1.54, 1.807) is 25.3 Å². The summed E-state index contributed by atoms with van der Waals surface area (Å²) >= 11 is 0. The molecule has 0 saturated heterocycles. The SMILES string of the molecule is COCC(C)Nc1cc(S(C)(=O)=O)ccc1C. The molecule has 0 aliphatic heterocycles. The molecule has 0 heterocycles. The van der Waals surface area contributed by atoms with Gasteiger partial charge in [0.15, 0.2) is 9.84 Å². The molecular weight excluding hydrogens is 238 g/mol. The van der Waals surface area contributed by atoms with E-state index in [2.05, 4.69) is 5.32 Å². The first kappa shape index (κ1) is 14.0. The molecule has 0 saturated carbocycles. The summed E-state index contributed by atoms with van der Waals surface area (Å²) in [6.45, 7) is 4.49. The van der Waals surface area contributed by atoms with E-state index >= 15 is 0 Å². The van der Waals surface area contributed by atoms with Gasteiger partial charge >= 0.3 is 0 Å². The average molecular weight is 257 g/mol. The highest BCUT2D eigenvalue weighted by atomic mass is 32.2. The van der Waals surface area contributed by atoms with Gasteiger partial charge in [-0.05, 0) is 31.5 Å². The Hall–Kier alpha value is -1.07. The van der Waals surface area contributed by atoms with Gasteiger partial charge in [-0.15, -0.1) is 0 Å². The molecule has 96 valence electrons. The summed E-state index contributed by atoms with van der Waals surface area (Å²) in [5.74, 6) is 0. The maximum atomic E-state index is 11.5. The Kier molecular flexibility index (Phi) is 4.54. The summed E-state index contributed by atoms with van der Waals surface area (Å²) in [7, 11) is -1.52. The lowest BCUT2D eigenvalue weighted by atomic mass is 10.2. The molecular formula is C12H19NO3S. The van der Waals surface area contributed by atoms with Crippen LogP contribution in [0.2, 0.25) is 0 Å². The first-order valence-corrected chi connectivity index (χ1v) is 7.30. The number of aryl methyl sites for hydroxylation is 1. The second-order valence-corrected chi connectivity index (χ2v) is 6.27. The van der Waals surface area contributed by atoms with E-state index in [9.17, 15) is 8.42 Å². The number of hydrogen-bond donors (Lipinski definition) is 1. The second kappa shape index (κ2) is 5.51. The predicted molar refractivity (Wildman–Crippen MR) is 69.2 cm³/mol. The Morgan fingerprint density at radius 2 is 2.06 bits per heavy atom. The van der Waals surface area contributed by atoms with E-state index in [0.29, 0.717) is 11.5 Å². The van der Waals surface area contributed by atoms with Crippen molar-refractivity contribution < 1.29 is 13.2 Å². The topological polar surface area (TPSA) is 55.4 Å². The number of hydrogen-bond acceptors (Lipinski definition) is 4. The Bertz CT molecular complexity index is 483. The largest absolute Gasteiger partial charge is 0.383 e. The van der Waals surface area contributed by atoms with Crippen LogP contribution in [0.15, 0.2) is 23.1 Å². The molecule has 4 nitrogen and oxygen atoms in total. The molecule has 0 aliphatic carbocycles. The number of rotatable bonds is 5. The smallest absolute Gasteiger partial charge is 0.175 e. The Morgan fingerprint density at radius 3 is 2.59 bits per heavy atom.